The van der Waals surface area contributed by atoms with Crippen LogP contribution < -0.4 is 0 Å². The number of carbonyl (C=O) groups is 2. The number of carboxylic acid groups (broad SMARTS) is 1. The van der Waals surface area contributed by atoms with Crippen molar-refractivity contribution in [3.8, 4) is 0 Å². The lowest BCUT2D eigenvalue weighted by molar-refractivity contribution is -0.136. The van der Waals surface area contributed by atoms with Gasteiger partial charge in [0.25, 0.3) is 0 Å². The van der Waals surface area contributed by atoms with Crippen molar-refractivity contribution in [2.45, 2.75) is 64.1 Å². The molecule has 5 nitrogen and oxygen atoms in total. The van der Waals surface area contributed by atoms with Gasteiger partial charge in [-0.25, -0.2) is 0 Å². The molecule has 1 aliphatic carbocycles. The summed E-state index contributed by atoms with van der Waals surface area (Å²) in [6.45, 7) is 2.08. The quantitative estimate of drug-likeness (QED) is 0.453. The van der Waals surface area contributed by atoms with Crippen molar-refractivity contribution in [1.29, 1.82) is 0 Å². The molecular weight excluding hydrogens is 344 g/mol. The van der Waals surface area contributed by atoms with Gasteiger partial charge in [0.2, 0.25) is 0 Å². The SMILES string of the molecule is CC/C=C\C/C=C\C[C@@H]1[C@H](O)CC(=O)[C@H]1/C=C/[C@@H](O)C/C=C\CCC(=O)O. The van der Waals surface area contributed by atoms with Crippen LogP contribution in [0.1, 0.15) is 51.9 Å². The second-order valence-electron chi connectivity index (χ2n) is 6.84. The molecule has 0 unspecified atom stereocenters. The molecule has 1 rings (SSSR count). The Kier molecular flexibility index (Phi) is 11.3. The van der Waals surface area contributed by atoms with Gasteiger partial charge in [0.1, 0.15) is 5.78 Å². The second kappa shape index (κ2) is 13.2. The molecule has 0 bridgehead atoms. The molecule has 3 N–H and O–H groups in total. The Labute approximate surface area is 161 Å². The Balaban J connectivity index is 2.50. The number of ketones is 1. The molecule has 4 atom stereocenters. The smallest absolute Gasteiger partial charge is 0.303 e. The van der Waals surface area contributed by atoms with Crippen molar-refractivity contribution >= 4 is 11.8 Å². The zero-order valence-electron chi connectivity index (χ0n) is 16.0. The standard InChI is InChI=1S/C22H32O5/c1-2-3-4-5-6-9-12-18-19(21(25)16-20(18)24)15-14-17(23)11-8-7-10-13-22(26)27/h3-4,6-9,14-15,17-20,23-24H,2,5,10-13,16H2,1H3,(H,26,27)/b4-3-,8-7-,9-6-,15-14+/t17-,18-,19-,20+/m0/s1. The van der Waals surface area contributed by atoms with E-state index in [9.17, 15) is 19.8 Å². The molecule has 0 heterocycles. The number of Topliss-reactive ketones (excluding diaryl/α,β-unsaturated/α-hetero) is 1. The Morgan fingerprint density at radius 2 is 1.93 bits per heavy atom. The summed E-state index contributed by atoms with van der Waals surface area (Å²) < 4.78 is 0. The van der Waals surface area contributed by atoms with Crippen LogP contribution in [0, 0.1) is 11.8 Å². The van der Waals surface area contributed by atoms with E-state index in [2.05, 4.69) is 19.1 Å². The van der Waals surface area contributed by atoms with Crippen molar-refractivity contribution in [2.75, 3.05) is 0 Å². The van der Waals surface area contributed by atoms with E-state index in [-0.39, 0.29) is 30.5 Å². The lowest BCUT2D eigenvalue weighted by atomic mass is 9.90. The van der Waals surface area contributed by atoms with Gasteiger partial charge in [0, 0.05) is 24.7 Å². The summed E-state index contributed by atoms with van der Waals surface area (Å²) in [5.41, 5.74) is 0. The lowest BCUT2D eigenvalue weighted by Gasteiger charge is -2.16. The van der Waals surface area contributed by atoms with Crippen molar-refractivity contribution in [3.05, 3.63) is 48.6 Å². The summed E-state index contributed by atoms with van der Waals surface area (Å²) in [6.07, 6.45) is 17.2. The van der Waals surface area contributed by atoms with E-state index in [0.29, 0.717) is 19.3 Å². The number of carboxylic acids is 1. The predicted molar refractivity (Wildman–Crippen MR) is 106 cm³/mol. The van der Waals surface area contributed by atoms with Crippen LogP contribution in [0.15, 0.2) is 48.6 Å². The summed E-state index contributed by atoms with van der Waals surface area (Å²) in [6, 6.07) is 0. The fourth-order valence-corrected chi connectivity index (χ4v) is 3.10. The molecule has 0 aliphatic heterocycles. The van der Waals surface area contributed by atoms with Gasteiger partial charge in [0.05, 0.1) is 12.2 Å². The summed E-state index contributed by atoms with van der Waals surface area (Å²) in [4.78, 5) is 22.6. The zero-order valence-corrected chi connectivity index (χ0v) is 16.0. The topological polar surface area (TPSA) is 94.8 Å². The van der Waals surface area contributed by atoms with Crippen molar-refractivity contribution in [3.63, 3.8) is 0 Å². The van der Waals surface area contributed by atoms with Gasteiger partial charge < -0.3 is 15.3 Å². The van der Waals surface area contributed by atoms with Crippen LogP contribution in [0.2, 0.25) is 0 Å². The van der Waals surface area contributed by atoms with Crippen LogP contribution in [-0.2, 0) is 9.59 Å². The third kappa shape index (κ3) is 9.50. The number of hydrogen-bond donors (Lipinski definition) is 3. The summed E-state index contributed by atoms with van der Waals surface area (Å²) >= 11 is 0. The first-order chi connectivity index (χ1) is 13.0. The number of aliphatic hydroxyl groups excluding tert-OH is 2. The fraction of sp³-hybridized carbons (Fsp3) is 0.545. The Hall–Kier alpha value is -1.98. The first kappa shape index (κ1) is 23.1. The summed E-state index contributed by atoms with van der Waals surface area (Å²) in [7, 11) is 0. The minimum Gasteiger partial charge on any atom is -0.481 e. The molecule has 5 heteroatoms. The molecule has 1 fully saturated rings. The maximum atomic E-state index is 12.1. The molecule has 0 aromatic carbocycles. The van der Waals surface area contributed by atoms with Gasteiger partial charge in [-0.2, -0.15) is 0 Å². The molecule has 1 saturated carbocycles. The molecule has 0 spiro atoms. The monoisotopic (exact) mass is 376 g/mol. The Bertz CT molecular complexity index is 573. The van der Waals surface area contributed by atoms with E-state index < -0.39 is 18.2 Å². The highest BCUT2D eigenvalue weighted by atomic mass is 16.4. The number of aliphatic hydroxyl groups is 2. The van der Waals surface area contributed by atoms with E-state index in [1.807, 2.05) is 12.2 Å². The fourth-order valence-electron chi connectivity index (χ4n) is 3.10. The average Bonchev–Trinajstić information content (AvgIpc) is 2.88. The van der Waals surface area contributed by atoms with Gasteiger partial charge in [-0.3, -0.25) is 9.59 Å². The molecule has 0 aromatic heterocycles. The van der Waals surface area contributed by atoms with Gasteiger partial charge in [-0.15, -0.1) is 0 Å². The highest BCUT2D eigenvalue weighted by Gasteiger charge is 2.39. The molecule has 0 amide bonds. The lowest BCUT2D eigenvalue weighted by Crippen LogP contribution is -2.19. The molecule has 150 valence electrons. The van der Waals surface area contributed by atoms with Crippen LogP contribution in [0.4, 0.5) is 0 Å². The summed E-state index contributed by atoms with van der Waals surface area (Å²) in [5, 5.41) is 28.7. The third-order valence-electron chi connectivity index (χ3n) is 4.60. The number of hydrogen-bond acceptors (Lipinski definition) is 4. The van der Waals surface area contributed by atoms with Crippen LogP contribution in [0.3, 0.4) is 0 Å². The highest BCUT2D eigenvalue weighted by Crippen LogP contribution is 2.33. The summed E-state index contributed by atoms with van der Waals surface area (Å²) in [5.74, 6) is -1.37. The average molecular weight is 376 g/mol. The maximum absolute atomic E-state index is 12.1. The first-order valence-electron chi connectivity index (χ1n) is 9.69. The van der Waals surface area contributed by atoms with Crippen molar-refractivity contribution in [1.82, 2.24) is 0 Å². The Morgan fingerprint density at radius 3 is 2.63 bits per heavy atom. The van der Waals surface area contributed by atoms with Crippen molar-refractivity contribution < 1.29 is 24.9 Å². The van der Waals surface area contributed by atoms with Crippen LogP contribution >= 0.6 is 0 Å². The molecule has 1 aliphatic rings. The number of allylic oxidation sites excluding steroid dienone is 6. The van der Waals surface area contributed by atoms with E-state index in [1.165, 1.54) is 0 Å². The van der Waals surface area contributed by atoms with Crippen LogP contribution in [-0.4, -0.2) is 39.3 Å². The Morgan fingerprint density at radius 1 is 1.19 bits per heavy atom. The number of carbonyl (C=O) groups excluding carboxylic acids is 1. The number of rotatable bonds is 12. The normalized spacial score (nSPS) is 24.9. The van der Waals surface area contributed by atoms with Crippen molar-refractivity contribution in [2.24, 2.45) is 11.8 Å². The third-order valence-corrected chi connectivity index (χ3v) is 4.60. The van der Waals surface area contributed by atoms with Gasteiger partial charge in [-0.05, 0) is 32.1 Å². The minimum absolute atomic E-state index is 0.00669. The second-order valence-corrected chi connectivity index (χ2v) is 6.84. The maximum Gasteiger partial charge on any atom is 0.303 e. The molecule has 0 aromatic rings. The number of aliphatic carboxylic acids is 1. The van der Waals surface area contributed by atoms with Gasteiger partial charge >= 0.3 is 5.97 Å². The minimum atomic E-state index is -0.847. The van der Waals surface area contributed by atoms with Gasteiger partial charge in [-0.1, -0.05) is 55.5 Å². The molecule has 0 saturated heterocycles. The van der Waals surface area contributed by atoms with Gasteiger partial charge in [0.15, 0.2) is 0 Å². The molecular formula is C22H32O5. The van der Waals surface area contributed by atoms with E-state index in [0.717, 1.165) is 12.8 Å². The predicted octanol–water partition coefficient (Wildman–Crippen LogP) is 3.58. The van der Waals surface area contributed by atoms with E-state index in [1.54, 1.807) is 24.3 Å². The van der Waals surface area contributed by atoms with E-state index in [4.69, 9.17) is 5.11 Å². The van der Waals surface area contributed by atoms with E-state index >= 15 is 0 Å². The molecule has 27 heavy (non-hydrogen) atoms. The van der Waals surface area contributed by atoms with Crippen LogP contribution in [0.25, 0.3) is 0 Å². The molecule has 0 radical (unpaired) electrons. The zero-order chi connectivity index (χ0) is 20.1. The first-order valence-corrected chi connectivity index (χ1v) is 9.69. The highest BCUT2D eigenvalue weighted by molar-refractivity contribution is 5.86. The van der Waals surface area contributed by atoms with Crippen LogP contribution in [0.5, 0.6) is 0 Å². The largest absolute Gasteiger partial charge is 0.481 e.